The van der Waals surface area contributed by atoms with Crippen molar-refractivity contribution < 1.29 is 5.02 Å². The van der Waals surface area contributed by atoms with Crippen LogP contribution in [0, 0.1) is 6.92 Å². The second-order valence-electron chi connectivity index (χ2n) is 1.96. The summed E-state index contributed by atoms with van der Waals surface area (Å²) in [6.45, 7) is 1.93. The molecular weight excluding hydrogens is 113 g/mol. The number of aromatic nitrogens is 1. The summed E-state index contributed by atoms with van der Waals surface area (Å²) >= 11 is 0. The third-order valence-electron chi connectivity index (χ3n) is 1.31. The Morgan fingerprint density at radius 1 is 1.67 bits per heavy atom. The van der Waals surface area contributed by atoms with E-state index in [2.05, 4.69) is 4.98 Å². The maximum atomic E-state index is 8.69. The highest BCUT2D eigenvalue weighted by Crippen LogP contribution is 1.85. The molecule has 46 valence electrons. The van der Waals surface area contributed by atoms with Gasteiger partial charge in [-0.2, -0.15) is 0 Å². The fourth-order valence-corrected chi connectivity index (χ4v) is 0.680. The minimum atomic E-state index is 0.106. The Labute approximate surface area is 54.8 Å². The van der Waals surface area contributed by atoms with Gasteiger partial charge < -0.3 is 5.02 Å². The van der Waals surface area contributed by atoms with Gasteiger partial charge in [0.2, 0.25) is 0 Å². The molecule has 0 amide bonds. The van der Waals surface area contributed by atoms with Gasteiger partial charge in [-0.3, -0.25) is 4.98 Å². The second-order valence-corrected chi connectivity index (χ2v) is 1.96. The van der Waals surface area contributed by atoms with Gasteiger partial charge in [-0.25, -0.2) is 0 Å². The first-order valence-electron chi connectivity index (χ1n) is 2.85. The molecule has 1 heterocycles. The van der Waals surface area contributed by atoms with Crippen LogP contribution in [-0.4, -0.2) is 17.5 Å². The molecule has 0 unspecified atom stereocenters. The van der Waals surface area contributed by atoms with Crippen LogP contribution in [0.15, 0.2) is 18.5 Å². The fourth-order valence-electron chi connectivity index (χ4n) is 0.680. The van der Waals surface area contributed by atoms with E-state index in [1.165, 1.54) is 0 Å². The third kappa shape index (κ3) is 1.30. The zero-order valence-corrected chi connectivity index (χ0v) is 5.33. The minimum absolute atomic E-state index is 0.106. The molecule has 1 aromatic rings. The summed E-state index contributed by atoms with van der Waals surface area (Å²) in [7, 11) is 0.106. The molecule has 0 aromatic carbocycles. The van der Waals surface area contributed by atoms with Crippen molar-refractivity contribution in [3.8, 4) is 0 Å². The molecule has 0 saturated carbocycles. The standard InChI is InChI=1S/C6H8BNO/c1-5-4-8-3-2-6(5)7-9/h2-4,7,9H,1H3. The first-order chi connectivity index (χ1) is 4.34. The molecule has 0 atom stereocenters. The van der Waals surface area contributed by atoms with E-state index in [0.29, 0.717) is 0 Å². The lowest BCUT2D eigenvalue weighted by atomic mass is 9.86. The Morgan fingerprint density at radius 3 is 2.89 bits per heavy atom. The van der Waals surface area contributed by atoms with Crippen LogP contribution in [-0.2, 0) is 0 Å². The van der Waals surface area contributed by atoms with Crippen LogP contribution in [0.1, 0.15) is 5.56 Å². The van der Waals surface area contributed by atoms with E-state index in [0.717, 1.165) is 11.0 Å². The smallest absolute Gasteiger partial charge is 0.305 e. The molecular formula is C6H8BNO. The van der Waals surface area contributed by atoms with Crippen LogP contribution in [0.4, 0.5) is 0 Å². The molecule has 2 nitrogen and oxygen atoms in total. The summed E-state index contributed by atoms with van der Waals surface area (Å²) in [6.07, 6.45) is 3.42. The average molecular weight is 121 g/mol. The molecule has 0 bridgehead atoms. The highest BCUT2D eigenvalue weighted by atomic mass is 16.2. The summed E-state index contributed by atoms with van der Waals surface area (Å²) in [5.41, 5.74) is 1.99. The largest absolute Gasteiger partial charge is 0.449 e. The Hall–Kier alpha value is -0.825. The molecule has 0 saturated heterocycles. The van der Waals surface area contributed by atoms with E-state index in [4.69, 9.17) is 5.02 Å². The van der Waals surface area contributed by atoms with Crippen LogP contribution < -0.4 is 5.46 Å². The van der Waals surface area contributed by atoms with Crippen molar-refractivity contribution in [1.82, 2.24) is 4.98 Å². The average Bonchev–Trinajstić information content (AvgIpc) is 1.89. The van der Waals surface area contributed by atoms with Crippen molar-refractivity contribution in [2.45, 2.75) is 6.92 Å². The molecule has 0 spiro atoms. The first kappa shape index (κ1) is 6.30. The van der Waals surface area contributed by atoms with Gasteiger partial charge >= 0.3 is 7.48 Å². The van der Waals surface area contributed by atoms with Gasteiger partial charge in [0.1, 0.15) is 0 Å². The van der Waals surface area contributed by atoms with Crippen molar-refractivity contribution in [2.24, 2.45) is 0 Å². The van der Waals surface area contributed by atoms with Crippen molar-refractivity contribution >= 4 is 12.9 Å². The predicted octanol–water partition coefficient (Wildman–Crippen LogP) is -0.641. The van der Waals surface area contributed by atoms with Crippen molar-refractivity contribution in [2.75, 3.05) is 0 Å². The Morgan fingerprint density at radius 2 is 2.44 bits per heavy atom. The van der Waals surface area contributed by atoms with Crippen LogP contribution in [0.25, 0.3) is 0 Å². The van der Waals surface area contributed by atoms with E-state index in [1.54, 1.807) is 12.4 Å². The topological polar surface area (TPSA) is 33.1 Å². The lowest BCUT2D eigenvalue weighted by Gasteiger charge is -1.95. The summed E-state index contributed by atoms with van der Waals surface area (Å²) in [6, 6.07) is 1.81. The molecule has 0 fully saturated rings. The lowest BCUT2D eigenvalue weighted by molar-refractivity contribution is 0.615. The lowest BCUT2D eigenvalue weighted by Crippen LogP contribution is -2.16. The molecule has 1 N–H and O–H groups in total. The zero-order valence-electron chi connectivity index (χ0n) is 5.33. The van der Waals surface area contributed by atoms with E-state index in [-0.39, 0.29) is 7.48 Å². The second kappa shape index (κ2) is 2.64. The summed E-state index contributed by atoms with van der Waals surface area (Å²) in [5, 5.41) is 8.69. The van der Waals surface area contributed by atoms with Gasteiger partial charge in [0.05, 0.1) is 0 Å². The van der Waals surface area contributed by atoms with Crippen molar-refractivity contribution in [3.63, 3.8) is 0 Å². The van der Waals surface area contributed by atoms with Crippen molar-refractivity contribution in [1.29, 1.82) is 0 Å². The maximum absolute atomic E-state index is 8.69. The molecule has 1 rings (SSSR count). The molecule has 0 aliphatic rings. The first-order valence-corrected chi connectivity index (χ1v) is 2.85. The minimum Gasteiger partial charge on any atom is -0.449 e. The van der Waals surface area contributed by atoms with Gasteiger partial charge in [0.15, 0.2) is 0 Å². The van der Waals surface area contributed by atoms with Crippen LogP contribution in [0.3, 0.4) is 0 Å². The molecule has 1 aromatic heterocycles. The van der Waals surface area contributed by atoms with E-state index >= 15 is 0 Å². The number of rotatable bonds is 1. The normalized spacial score (nSPS) is 9.11. The Balaban J connectivity index is 3.01. The number of nitrogens with zero attached hydrogens (tertiary/aromatic N) is 1. The summed E-state index contributed by atoms with van der Waals surface area (Å²) in [4.78, 5) is 3.88. The number of aryl methyl sites for hydroxylation is 1. The van der Waals surface area contributed by atoms with Crippen LogP contribution in [0.2, 0.25) is 0 Å². The van der Waals surface area contributed by atoms with Crippen molar-refractivity contribution in [3.05, 3.63) is 24.0 Å². The SMILES string of the molecule is Cc1cnccc1BO. The third-order valence-corrected chi connectivity index (χ3v) is 1.31. The number of hydrogen-bond donors (Lipinski definition) is 1. The van der Waals surface area contributed by atoms with E-state index in [1.807, 2.05) is 13.0 Å². The summed E-state index contributed by atoms with van der Waals surface area (Å²) < 4.78 is 0. The highest BCUT2D eigenvalue weighted by molar-refractivity contribution is 6.46. The molecule has 0 aliphatic carbocycles. The van der Waals surface area contributed by atoms with Gasteiger partial charge in [-0.1, -0.05) is 0 Å². The molecule has 0 radical (unpaired) electrons. The highest BCUT2D eigenvalue weighted by Gasteiger charge is 1.94. The van der Waals surface area contributed by atoms with E-state index in [9.17, 15) is 0 Å². The van der Waals surface area contributed by atoms with Crippen LogP contribution >= 0.6 is 0 Å². The summed E-state index contributed by atoms with van der Waals surface area (Å²) in [5.74, 6) is 0. The van der Waals surface area contributed by atoms with Gasteiger partial charge in [0, 0.05) is 12.4 Å². The quantitative estimate of drug-likeness (QED) is 0.501. The van der Waals surface area contributed by atoms with Gasteiger partial charge in [0.25, 0.3) is 0 Å². The maximum Gasteiger partial charge on any atom is 0.305 e. The molecule has 3 heteroatoms. The Kier molecular flexibility index (Phi) is 1.85. The number of hydrogen-bond acceptors (Lipinski definition) is 2. The zero-order chi connectivity index (χ0) is 6.69. The number of pyridine rings is 1. The fraction of sp³-hybridized carbons (Fsp3) is 0.167. The molecule has 9 heavy (non-hydrogen) atoms. The van der Waals surface area contributed by atoms with Crippen LogP contribution in [0.5, 0.6) is 0 Å². The monoisotopic (exact) mass is 121 g/mol. The predicted molar refractivity (Wildman–Crippen MR) is 38.0 cm³/mol. The molecule has 0 aliphatic heterocycles. The Bertz CT molecular complexity index is 202. The van der Waals surface area contributed by atoms with Gasteiger partial charge in [-0.15, -0.1) is 0 Å². The van der Waals surface area contributed by atoms with E-state index < -0.39 is 0 Å². The van der Waals surface area contributed by atoms with Gasteiger partial charge in [-0.05, 0) is 24.0 Å².